The highest BCUT2D eigenvalue weighted by Crippen LogP contribution is 2.18. The number of carbonyl (C=O) groups excluding carboxylic acids is 1. The molecule has 2 rings (SSSR count). The number of nitrogens with one attached hydrogen (secondary N) is 1. The number of aryl methyl sites for hydroxylation is 2. The Balaban J connectivity index is 1.99. The molecule has 1 amide bonds. The molecule has 0 aliphatic carbocycles. The van der Waals surface area contributed by atoms with E-state index in [1.54, 1.807) is 0 Å². The molecule has 1 fully saturated rings. The van der Waals surface area contributed by atoms with Crippen LogP contribution in [0.5, 0.6) is 5.75 Å². The Hall–Kier alpha value is -1.55. The summed E-state index contributed by atoms with van der Waals surface area (Å²) in [6, 6.07) is 6.04. The average Bonchev–Trinajstić information content (AvgIpc) is 2.65. The van der Waals surface area contributed by atoms with Gasteiger partial charge in [0.05, 0.1) is 0 Å². The summed E-state index contributed by atoms with van der Waals surface area (Å²) in [6.45, 7) is 9.32. The SMILES string of the molecule is Cc1cc(C)cc(OC(C)C(=O)N2CCCNCC2)c1. The fourth-order valence-corrected chi connectivity index (χ4v) is 2.58. The largest absolute Gasteiger partial charge is 0.481 e. The summed E-state index contributed by atoms with van der Waals surface area (Å²) in [5, 5.41) is 3.30. The first-order valence-electron chi connectivity index (χ1n) is 7.31. The Labute approximate surface area is 121 Å². The van der Waals surface area contributed by atoms with Crippen LogP contribution in [0.15, 0.2) is 18.2 Å². The van der Waals surface area contributed by atoms with Gasteiger partial charge in [0.15, 0.2) is 6.10 Å². The van der Waals surface area contributed by atoms with E-state index in [-0.39, 0.29) is 5.91 Å². The summed E-state index contributed by atoms with van der Waals surface area (Å²) in [5.41, 5.74) is 2.30. The van der Waals surface area contributed by atoms with Crippen molar-refractivity contribution in [2.24, 2.45) is 0 Å². The van der Waals surface area contributed by atoms with Crippen molar-refractivity contribution in [3.63, 3.8) is 0 Å². The minimum absolute atomic E-state index is 0.0767. The summed E-state index contributed by atoms with van der Waals surface area (Å²) in [6.07, 6.45) is 0.566. The molecule has 1 aromatic rings. The zero-order chi connectivity index (χ0) is 14.5. The lowest BCUT2D eigenvalue weighted by Gasteiger charge is -2.24. The summed E-state index contributed by atoms with van der Waals surface area (Å²) in [7, 11) is 0. The van der Waals surface area contributed by atoms with E-state index in [0.717, 1.165) is 49.5 Å². The van der Waals surface area contributed by atoms with Crippen molar-refractivity contribution in [3.8, 4) is 5.75 Å². The second-order valence-corrected chi connectivity index (χ2v) is 5.51. The Bertz CT molecular complexity index is 445. The molecule has 1 aliphatic rings. The van der Waals surface area contributed by atoms with Crippen molar-refractivity contribution < 1.29 is 9.53 Å². The zero-order valence-corrected chi connectivity index (χ0v) is 12.6. The lowest BCUT2D eigenvalue weighted by Crippen LogP contribution is -2.42. The van der Waals surface area contributed by atoms with Gasteiger partial charge < -0.3 is 15.0 Å². The molecule has 1 unspecified atom stereocenters. The first kappa shape index (κ1) is 14.9. The number of hydrogen-bond acceptors (Lipinski definition) is 3. The van der Waals surface area contributed by atoms with E-state index >= 15 is 0 Å². The van der Waals surface area contributed by atoms with Crippen LogP contribution in [0.1, 0.15) is 24.5 Å². The number of carbonyl (C=O) groups is 1. The first-order valence-corrected chi connectivity index (χ1v) is 7.31. The third-order valence-corrected chi connectivity index (χ3v) is 3.51. The molecule has 1 heterocycles. The van der Waals surface area contributed by atoms with Gasteiger partial charge in [0.25, 0.3) is 5.91 Å². The van der Waals surface area contributed by atoms with E-state index in [9.17, 15) is 4.79 Å². The molecule has 0 spiro atoms. The van der Waals surface area contributed by atoms with E-state index in [0.29, 0.717) is 0 Å². The smallest absolute Gasteiger partial charge is 0.263 e. The van der Waals surface area contributed by atoms with Gasteiger partial charge >= 0.3 is 0 Å². The third kappa shape index (κ3) is 3.97. The molecule has 1 atom stereocenters. The molecule has 1 N–H and O–H groups in total. The summed E-state index contributed by atoms with van der Waals surface area (Å²) < 4.78 is 5.82. The molecule has 20 heavy (non-hydrogen) atoms. The molecule has 1 aromatic carbocycles. The van der Waals surface area contributed by atoms with Crippen molar-refractivity contribution in [1.29, 1.82) is 0 Å². The molecule has 0 radical (unpaired) electrons. The van der Waals surface area contributed by atoms with Crippen LogP contribution in [-0.4, -0.2) is 43.1 Å². The van der Waals surface area contributed by atoms with E-state index in [1.807, 2.05) is 37.8 Å². The Morgan fingerprint density at radius 1 is 1.20 bits per heavy atom. The average molecular weight is 276 g/mol. The van der Waals surface area contributed by atoms with Gasteiger partial charge in [0.2, 0.25) is 0 Å². The van der Waals surface area contributed by atoms with Gasteiger partial charge in [0, 0.05) is 19.6 Å². The monoisotopic (exact) mass is 276 g/mol. The topological polar surface area (TPSA) is 41.6 Å². The van der Waals surface area contributed by atoms with Crippen LogP contribution in [0.2, 0.25) is 0 Å². The van der Waals surface area contributed by atoms with E-state index in [1.165, 1.54) is 0 Å². The maximum atomic E-state index is 12.4. The van der Waals surface area contributed by atoms with Crippen LogP contribution < -0.4 is 10.1 Å². The lowest BCUT2D eigenvalue weighted by molar-refractivity contribution is -0.137. The fourth-order valence-electron chi connectivity index (χ4n) is 2.58. The molecule has 110 valence electrons. The molecular weight excluding hydrogens is 252 g/mol. The second kappa shape index (κ2) is 6.75. The highest BCUT2D eigenvalue weighted by atomic mass is 16.5. The number of ether oxygens (including phenoxy) is 1. The summed E-state index contributed by atoms with van der Waals surface area (Å²) in [4.78, 5) is 14.3. The first-order chi connectivity index (χ1) is 9.56. The van der Waals surface area contributed by atoms with Crippen LogP contribution in [0.25, 0.3) is 0 Å². The maximum absolute atomic E-state index is 12.4. The standard InChI is InChI=1S/C16H24N2O2/c1-12-9-13(2)11-15(10-12)20-14(3)16(19)18-7-4-5-17-6-8-18/h9-11,14,17H,4-8H2,1-3H3. The minimum atomic E-state index is -0.436. The third-order valence-electron chi connectivity index (χ3n) is 3.51. The molecule has 0 aromatic heterocycles. The molecule has 0 bridgehead atoms. The van der Waals surface area contributed by atoms with Crippen molar-refractivity contribution in [3.05, 3.63) is 29.3 Å². The van der Waals surface area contributed by atoms with Crippen LogP contribution >= 0.6 is 0 Å². The molecule has 1 saturated heterocycles. The van der Waals surface area contributed by atoms with Gasteiger partial charge in [-0.1, -0.05) is 6.07 Å². The number of rotatable bonds is 3. The molecule has 4 nitrogen and oxygen atoms in total. The van der Waals surface area contributed by atoms with Crippen molar-refractivity contribution >= 4 is 5.91 Å². The van der Waals surface area contributed by atoms with Crippen LogP contribution in [-0.2, 0) is 4.79 Å². The molecule has 4 heteroatoms. The van der Waals surface area contributed by atoms with Crippen molar-refractivity contribution in [1.82, 2.24) is 10.2 Å². The highest BCUT2D eigenvalue weighted by Gasteiger charge is 2.22. The normalized spacial score (nSPS) is 17.4. The van der Waals surface area contributed by atoms with Crippen molar-refractivity contribution in [2.75, 3.05) is 26.2 Å². The number of benzene rings is 1. The number of hydrogen-bond donors (Lipinski definition) is 1. The predicted octanol–water partition coefficient (Wildman–Crippen LogP) is 1.89. The zero-order valence-electron chi connectivity index (χ0n) is 12.6. The number of nitrogens with zero attached hydrogens (tertiary/aromatic N) is 1. The molecule has 0 saturated carbocycles. The molecule has 1 aliphatic heterocycles. The van der Waals surface area contributed by atoms with Gasteiger partial charge in [-0.3, -0.25) is 4.79 Å². The van der Waals surface area contributed by atoms with E-state index in [4.69, 9.17) is 4.74 Å². The van der Waals surface area contributed by atoms with Gasteiger partial charge in [-0.15, -0.1) is 0 Å². The fraction of sp³-hybridized carbons (Fsp3) is 0.562. The number of amides is 1. The Morgan fingerprint density at radius 2 is 1.90 bits per heavy atom. The second-order valence-electron chi connectivity index (χ2n) is 5.51. The van der Waals surface area contributed by atoms with Crippen LogP contribution in [0, 0.1) is 13.8 Å². The molecular formula is C16H24N2O2. The van der Waals surface area contributed by atoms with E-state index in [2.05, 4.69) is 11.4 Å². The summed E-state index contributed by atoms with van der Waals surface area (Å²) in [5.74, 6) is 0.851. The quantitative estimate of drug-likeness (QED) is 0.916. The minimum Gasteiger partial charge on any atom is -0.481 e. The van der Waals surface area contributed by atoms with Crippen LogP contribution in [0.3, 0.4) is 0 Å². The summed E-state index contributed by atoms with van der Waals surface area (Å²) >= 11 is 0. The van der Waals surface area contributed by atoms with Gasteiger partial charge in [-0.05, 0) is 57.0 Å². The van der Waals surface area contributed by atoms with Gasteiger partial charge in [0.1, 0.15) is 5.75 Å². The van der Waals surface area contributed by atoms with E-state index < -0.39 is 6.10 Å². The lowest BCUT2D eigenvalue weighted by atomic mass is 10.1. The maximum Gasteiger partial charge on any atom is 0.263 e. The Morgan fingerprint density at radius 3 is 2.60 bits per heavy atom. The highest BCUT2D eigenvalue weighted by molar-refractivity contribution is 5.81. The van der Waals surface area contributed by atoms with Crippen LogP contribution in [0.4, 0.5) is 0 Å². The van der Waals surface area contributed by atoms with Crippen molar-refractivity contribution in [2.45, 2.75) is 33.3 Å². The predicted molar refractivity (Wildman–Crippen MR) is 80.1 cm³/mol. The Kier molecular flexibility index (Phi) is 5.01. The van der Waals surface area contributed by atoms with Gasteiger partial charge in [-0.25, -0.2) is 0 Å². The van der Waals surface area contributed by atoms with Gasteiger partial charge in [-0.2, -0.15) is 0 Å².